The van der Waals surface area contributed by atoms with Crippen molar-refractivity contribution in [1.29, 1.82) is 0 Å². The van der Waals surface area contributed by atoms with Gasteiger partial charge in [0.2, 0.25) is 5.91 Å². The monoisotopic (exact) mass is 411 g/mol. The van der Waals surface area contributed by atoms with Gasteiger partial charge in [-0.3, -0.25) is 19.3 Å². The molecule has 2 aliphatic rings. The zero-order valence-electron chi connectivity index (χ0n) is 17.1. The van der Waals surface area contributed by atoms with Crippen LogP contribution in [-0.4, -0.2) is 41.1 Å². The Hall–Kier alpha value is -3.93. The number of hydrogen-bond donors (Lipinski definition) is 0. The maximum absolute atomic E-state index is 13.4. The first-order chi connectivity index (χ1) is 15.1. The van der Waals surface area contributed by atoms with Crippen molar-refractivity contribution in [1.82, 2.24) is 9.80 Å². The Morgan fingerprint density at radius 1 is 0.839 bits per heavy atom. The van der Waals surface area contributed by atoms with Crippen LogP contribution < -0.4 is 4.90 Å². The summed E-state index contributed by atoms with van der Waals surface area (Å²) in [5, 5.41) is 0. The molecular weight excluding hydrogens is 390 g/mol. The number of amides is 3. The van der Waals surface area contributed by atoms with E-state index in [2.05, 4.69) is 0 Å². The lowest BCUT2D eigenvalue weighted by Gasteiger charge is -2.41. The van der Waals surface area contributed by atoms with E-state index in [9.17, 15) is 14.4 Å². The van der Waals surface area contributed by atoms with Crippen molar-refractivity contribution in [3.63, 3.8) is 0 Å². The molecule has 154 valence electrons. The summed E-state index contributed by atoms with van der Waals surface area (Å²) < 4.78 is 0. The molecule has 3 amide bonds. The van der Waals surface area contributed by atoms with E-state index < -0.39 is 6.17 Å². The molecule has 0 aromatic heterocycles. The van der Waals surface area contributed by atoms with Gasteiger partial charge in [-0.05, 0) is 23.8 Å². The SMILES string of the molecule is CN(Cc1ccccc1)C(=O)CN1C(=O)c2ccccc2N2C(=O)c3ccccc3[C@H]12. The number of likely N-dealkylation sites (N-methyl/N-ethyl adjacent to an activating group) is 1. The average Bonchev–Trinajstić information content (AvgIpc) is 3.10. The van der Waals surface area contributed by atoms with Crippen LogP contribution in [0, 0.1) is 0 Å². The number of para-hydroxylation sites is 1. The number of benzene rings is 3. The highest BCUT2D eigenvalue weighted by molar-refractivity contribution is 6.17. The summed E-state index contributed by atoms with van der Waals surface area (Å²) in [5.41, 5.74) is 3.33. The minimum atomic E-state index is -0.625. The third kappa shape index (κ3) is 3.08. The summed E-state index contributed by atoms with van der Waals surface area (Å²) in [6.45, 7) is 0.335. The topological polar surface area (TPSA) is 60.9 Å². The lowest BCUT2D eigenvalue weighted by molar-refractivity contribution is -0.131. The van der Waals surface area contributed by atoms with Gasteiger partial charge >= 0.3 is 0 Å². The van der Waals surface area contributed by atoms with Gasteiger partial charge < -0.3 is 9.80 Å². The molecule has 0 unspecified atom stereocenters. The number of hydrogen-bond acceptors (Lipinski definition) is 3. The standard InChI is InChI=1S/C25H21N3O3/c1-26(15-17-9-3-2-4-10-17)22(29)16-27-23-18-11-5-6-12-19(18)25(31)28(23)21-14-8-7-13-20(21)24(27)30/h2-14,23H,15-16H2,1H3/t23-/m1/s1. The predicted molar refractivity (Wildman–Crippen MR) is 116 cm³/mol. The van der Waals surface area contributed by atoms with Crippen molar-refractivity contribution in [2.75, 3.05) is 18.5 Å². The van der Waals surface area contributed by atoms with E-state index in [1.54, 1.807) is 41.1 Å². The second kappa shape index (κ2) is 7.40. The molecule has 0 aliphatic carbocycles. The third-order valence-electron chi connectivity index (χ3n) is 5.88. The second-order valence-corrected chi connectivity index (χ2v) is 7.82. The second-order valence-electron chi connectivity index (χ2n) is 7.82. The summed E-state index contributed by atoms with van der Waals surface area (Å²) in [6, 6.07) is 24.1. The molecule has 0 fully saturated rings. The van der Waals surface area contributed by atoms with E-state index in [0.717, 1.165) is 11.1 Å². The molecule has 3 aromatic carbocycles. The Bertz CT molecular complexity index is 1190. The van der Waals surface area contributed by atoms with Crippen LogP contribution in [-0.2, 0) is 11.3 Å². The normalized spacial score (nSPS) is 16.6. The number of carbonyl (C=O) groups excluding carboxylic acids is 3. The molecule has 0 saturated heterocycles. The zero-order valence-corrected chi connectivity index (χ0v) is 17.1. The highest BCUT2D eigenvalue weighted by Gasteiger charge is 2.48. The number of carbonyl (C=O) groups is 3. The fraction of sp³-hybridized carbons (Fsp3) is 0.160. The molecule has 2 heterocycles. The van der Waals surface area contributed by atoms with Gasteiger partial charge in [0.25, 0.3) is 11.8 Å². The largest absolute Gasteiger partial charge is 0.340 e. The maximum Gasteiger partial charge on any atom is 0.260 e. The molecule has 31 heavy (non-hydrogen) atoms. The molecule has 0 spiro atoms. The third-order valence-corrected chi connectivity index (χ3v) is 5.88. The van der Waals surface area contributed by atoms with E-state index >= 15 is 0 Å². The number of nitrogens with zero attached hydrogens (tertiary/aromatic N) is 3. The highest BCUT2D eigenvalue weighted by Crippen LogP contribution is 2.44. The van der Waals surface area contributed by atoms with Crippen LogP contribution in [0.25, 0.3) is 0 Å². The lowest BCUT2D eigenvalue weighted by Crippen LogP contribution is -2.51. The van der Waals surface area contributed by atoms with Crippen molar-refractivity contribution < 1.29 is 14.4 Å². The molecule has 3 aromatic rings. The summed E-state index contributed by atoms with van der Waals surface area (Å²) in [6.07, 6.45) is -0.625. The van der Waals surface area contributed by atoms with Gasteiger partial charge in [0.1, 0.15) is 12.7 Å². The number of rotatable bonds is 4. The molecular formula is C25H21N3O3. The van der Waals surface area contributed by atoms with Crippen molar-refractivity contribution in [2.45, 2.75) is 12.7 Å². The maximum atomic E-state index is 13.4. The first-order valence-corrected chi connectivity index (χ1v) is 10.2. The van der Waals surface area contributed by atoms with E-state index in [-0.39, 0.29) is 24.3 Å². The van der Waals surface area contributed by atoms with Crippen molar-refractivity contribution in [2.24, 2.45) is 0 Å². The van der Waals surface area contributed by atoms with Crippen LogP contribution >= 0.6 is 0 Å². The van der Waals surface area contributed by atoms with Crippen LogP contribution in [0.3, 0.4) is 0 Å². The molecule has 2 aliphatic heterocycles. The molecule has 0 bridgehead atoms. The molecule has 6 heteroatoms. The van der Waals surface area contributed by atoms with Crippen LogP contribution in [0.2, 0.25) is 0 Å². The van der Waals surface area contributed by atoms with Crippen LogP contribution in [0.5, 0.6) is 0 Å². The molecule has 6 nitrogen and oxygen atoms in total. The van der Waals surface area contributed by atoms with Crippen molar-refractivity contribution in [3.8, 4) is 0 Å². The molecule has 1 atom stereocenters. The fourth-order valence-corrected chi connectivity index (χ4v) is 4.35. The quantitative estimate of drug-likeness (QED) is 0.661. The first-order valence-electron chi connectivity index (χ1n) is 10.2. The van der Waals surface area contributed by atoms with Gasteiger partial charge in [-0.15, -0.1) is 0 Å². The van der Waals surface area contributed by atoms with Gasteiger partial charge in [0, 0.05) is 24.7 Å². The van der Waals surface area contributed by atoms with Gasteiger partial charge in [-0.2, -0.15) is 0 Å². The van der Waals surface area contributed by atoms with Gasteiger partial charge in [-0.25, -0.2) is 0 Å². The molecule has 0 N–H and O–H groups in total. The van der Waals surface area contributed by atoms with Crippen molar-refractivity contribution >= 4 is 23.4 Å². The Morgan fingerprint density at radius 3 is 2.26 bits per heavy atom. The molecule has 0 saturated carbocycles. The predicted octanol–water partition coefficient (Wildman–Crippen LogP) is 3.46. The van der Waals surface area contributed by atoms with Gasteiger partial charge in [0.05, 0.1) is 11.3 Å². The Balaban J connectivity index is 1.50. The molecule has 5 rings (SSSR count). The fourth-order valence-electron chi connectivity index (χ4n) is 4.35. The van der Waals surface area contributed by atoms with Gasteiger partial charge in [-0.1, -0.05) is 60.7 Å². The summed E-state index contributed by atoms with van der Waals surface area (Å²) in [7, 11) is 1.73. The minimum absolute atomic E-state index is 0.112. The van der Waals surface area contributed by atoms with Crippen LogP contribution in [0.4, 0.5) is 5.69 Å². The van der Waals surface area contributed by atoms with E-state index in [1.165, 1.54) is 4.90 Å². The Labute approximate surface area is 180 Å². The van der Waals surface area contributed by atoms with E-state index in [0.29, 0.717) is 23.4 Å². The Kier molecular flexibility index (Phi) is 4.55. The van der Waals surface area contributed by atoms with E-state index in [4.69, 9.17) is 0 Å². The van der Waals surface area contributed by atoms with E-state index in [1.807, 2.05) is 54.6 Å². The Morgan fingerprint density at radius 2 is 1.48 bits per heavy atom. The van der Waals surface area contributed by atoms with Crippen LogP contribution in [0.15, 0.2) is 78.9 Å². The average molecular weight is 411 g/mol. The number of fused-ring (bicyclic) bond motifs is 5. The lowest BCUT2D eigenvalue weighted by atomic mass is 10.0. The van der Waals surface area contributed by atoms with Gasteiger partial charge in [0.15, 0.2) is 0 Å². The molecule has 0 radical (unpaired) electrons. The van der Waals surface area contributed by atoms with Crippen LogP contribution in [0.1, 0.15) is 38.0 Å². The zero-order chi connectivity index (χ0) is 21.5. The smallest absolute Gasteiger partial charge is 0.260 e. The highest BCUT2D eigenvalue weighted by atomic mass is 16.2. The van der Waals surface area contributed by atoms with Crippen molar-refractivity contribution in [3.05, 3.63) is 101 Å². The minimum Gasteiger partial charge on any atom is -0.340 e. The summed E-state index contributed by atoms with van der Waals surface area (Å²) in [5.74, 6) is -0.591. The first kappa shape index (κ1) is 19.1. The number of anilines is 1. The summed E-state index contributed by atoms with van der Waals surface area (Å²) >= 11 is 0. The summed E-state index contributed by atoms with van der Waals surface area (Å²) in [4.78, 5) is 44.4.